The molecule has 1 amide bonds. The van der Waals surface area contributed by atoms with E-state index >= 15 is 0 Å². The molecule has 2 aromatic carbocycles. The average molecular weight is 364 g/mol. The molecule has 0 aromatic heterocycles. The number of esters is 1. The third-order valence-electron chi connectivity index (χ3n) is 3.14. The SMILES string of the molecule is CCOC(=O)CN(C(=O)CSc1ccc(Cl)cc1)c1ccccc1. The fourth-order valence-corrected chi connectivity index (χ4v) is 2.92. The third kappa shape index (κ3) is 5.58. The van der Waals surface area contributed by atoms with Crippen LogP contribution in [0.1, 0.15) is 6.92 Å². The Labute approximate surface area is 150 Å². The first-order valence-corrected chi connectivity index (χ1v) is 8.86. The van der Waals surface area contributed by atoms with E-state index < -0.39 is 5.97 Å². The van der Waals surface area contributed by atoms with Crippen molar-refractivity contribution in [2.75, 3.05) is 23.8 Å². The molecular formula is C18H18ClNO3S. The van der Waals surface area contributed by atoms with Gasteiger partial charge < -0.3 is 9.64 Å². The Balaban J connectivity index is 2.06. The van der Waals surface area contributed by atoms with Crippen LogP contribution in [-0.2, 0) is 14.3 Å². The summed E-state index contributed by atoms with van der Waals surface area (Å²) in [6, 6.07) is 16.4. The highest BCUT2D eigenvalue weighted by Gasteiger charge is 2.19. The summed E-state index contributed by atoms with van der Waals surface area (Å²) >= 11 is 7.25. The van der Waals surface area contributed by atoms with E-state index in [0.29, 0.717) is 10.7 Å². The first-order chi connectivity index (χ1) is 11.6. The number of hydrogen-bond donors (Lipinski definition) is 0. The smallest absolute Gasteiger partial charge is 0.326 e. The predicted molar refractivity (Wildman–Crippen MR) is 97.6 cm³/mol. The lowest BCUT2D eigenvalue weighted by Crippen LogP contribution is -2.37. The molecule has 0 fully saturated rings. The molecule has 0 heterocycles. The van der Waals surface area contributed by atoms with Gasteiger partial charge in [0.1, 0.15) is 6.54 Å². The Morgan fingerprint density at radius 3 is 2.38 bits per heavy atom. The lowest BCUT2D eigenvalue weighted by Gasteiger charge is -2.21. The van der Waals surface area contributed by atoms with Gasteiger partial charge in [0.15, 0.2) is 0 Å². The summed E-state index contributed by atoms with van der Waals surface area (Å²) in [5.41, 5.74) is 0.673. The number of ether oxygens (including phenoxy) is 1. The van der Waals surface area contributed by atoms with Crippen molar-refractivity contribution in [3.63, 3.8) is 0 Å². The average Bonchev–Trinajstić information content (AvgIpc) is 2.60. The number of para-hydroxylation sites is 1. The molecule has 0 aliphatic carbocycles. The highest BCUT2D eigenvalue weighted by Crippen LogP contribution is 2.22. The maximum Gasteiger partial charge on any atom is 0.326 e. The van der Waals surface area contributed by atoms with E-state index in [-0.39, 0.29) is 24.8 Å². The van der Waals surface area contributed by atoms with E-state index in [0.717, 1.165) is 4.90 Å². The standard InChI is InChI=1S/C18H18ClNO3S/c1-2-23-18(22)12-20(15-6-4-3-5-7-15)17(21)13-24-16-10-8-14(19)9-11-16/h3-11H,2,12-13H2,1H3. The Bertz CT molecular complexity index is 676. The number of amides is 1. The number of halogens is 1. The van der Waals surface area contributed by atoms with Gasteiger partial charge in [-0.3, -0.25) is 9.59 Å². The molecule has 6 heteroatoms. The van der Waals surface area contributed by atoms with Gasteiger partial charge in [-0.05, 0) is 43.3 Å². The largest absolute Gasteiger partial charge is 0.465 e. The van der Waals surface area contributed by atoms with Crippen molar-refractivity contribution in [3.05, 3.63) is 59.6 Å². The molecule has 4 nitrogen and oxygen atoms in total. The minimum absolute atomic E-state index is 0.0993. The van der Waals surface area contributed by atoms with E-state index in [4.69, 9.17) is 16.3 Å². The number of anilines is 1. The summed E-state index contributed by atoms with van der Waals surface area (Å²) in [7, 11) is 0. The summed E-state index contributed by atoms with van der Waals surface area (Å²) in [5.74, 6) is -0.365. The number of benzene rings is 2. The summed E-state index contributed by atoms with van der Waals surface area (Å²) in [6.45, 7) is 1.93. The maximum absolute atomic E-state index is 12.6. The van der Waals surface area contributed by atoms with Crippen molar-refractivity contribution in [2.24, 2.45) is 0 Å². The molecule has 0 saturated carbocycles. The summed E-state index contributed by atoms with van der Waals surface area (Å²) in [5, 5.41) is 0.652. The van der Waals surface area contributed by atoms with Crippen molar-refractivity contribution in [1.29, 1.82) is 0 Å². The van der Waals surface area contributed by atoms with E-state index in [1.54, 1.807) is 31.2 Å². The number of carbonyl (C=O) groups is 2. The Morgan fingerprint density at radius 2 is 1.75 bits per heavy atom. The van der Waals surface area contributed by atoms with Gasteiger partial charge >= 0.3 is 5.97 Å². The molecule has 0 atom stereocenters. The zero-order valence-corrected chi connectivity index (χ0v) is 14.8. The monoisotopic (exact) mass is 363 g/mol. The van der Waals surface area contributed by atoms with Gasteiger partial charge in [-0.15, -0.1) is 11.8 Å². The second-order valence-corrected chi connectivity index (χ2v) is 6.35. The quantitative estimate of drug-likeness (QED) is 0.550. The van der Waals surface area contributed by atoms with Gasteiger partial charge in [0, 0.05) is 15.6 Å². The molecule has 0 aliphatic rings. The molecule has 0 bridgehead atoms. The Morgan fingerprint density at radius 1 is 1.08 bits per heavy atom. The number of nitrogens with zero attached hydrogens (tertiary/aromatic N) is 1. The Hall–Kier alpha value is -1.98. The van der Waals surface area contributed by atoms with Crippen molar-refractivity contribution < 1.29 is 14.3 Å². The summed E-state index contributed by atoms with van der Waals surface area (Å²) in [6.07, 6.45) is 0. The fourth-order valence-electron chi connectivity index (χ4n) is 2.02. The molecule has 0 saturated heterocycles. The van der Waals surface area contributed by atoms with Crippen LogP contribution in [0.3, 0.4) is 0 Å². The number of hydrogen-bond acceptors (Lipinski definition) is 4. The molecule has 126 valence electrons. The molecule has 0 spiro atoms. The van der Waals surface area contributed by atoms with Gasteiger partial charge in [-0.1, -0.05) is 29.8 Å². The van der Waals surface area contributed by atoms with E-state index in [2.05, 4.69) is 0 Å². The van der Waals surface area contributed by atoms with E-state index in [1.807, 2.05) is 30.3 Å². The van der Waals surface area contributed by atoms with Crippen molar-refractivity contribution in [3.8, 4) is 0 Å². The van der Waals surface area contributed by atoms with Crippen molar-refractivity contribution in [1.82, 2.24) is 0 Å². The molecule has 0 aliphatic heterocycles. The molecule has 0 unspecified atom stereocenters. The van der Waals surface area contributed by atoms with Crippen LogP contribution in [0.4, 0.5) is 5.69 Å². The fraction of sp³-hybridized carbons (Fsp3) is 0.222. The molecule has 2 aromatic rings. The van der Waals surface area contributed by atoms with Gasteiger partial charge in [0.05, 0.1) is 12.4 Å². The second kappa shape index (κ2) is 9.35. The first-order valence-electron chi connectivity index (χ1n) is 7.49. The lowest BCUT2D eigenvalue weighted by atomic mass is 10.3. The van der Waals surface area contributed by atoms with Crippen LogP contribution in [0.5, 0.6) is 0 Å². The van der Waals surface area contributed by atoms with Crippen molar-refractivity contribution in [2.45, 2.75) is 11.8 Å². The molecule has 0 N–H and O–H groups in total. The van der Waals surface area contributed by atoms with E-state index in [1.165, 1.54) is 16.7 Å². The highest BCUT2D eigenvalue weighted by molar-refractivity contribution is 8.00. The molecule has 24 heavy (non-hydrogen) atoms. The van der Waals surface area contributed by atoms with Gasteiger partial charge in [0.25, 0.3) is 0 Å². The third-order valence-corrected chi connectivity index (χ3v) is 4.39. The van der Waals surface area contributed by atoms with Crippen LogP contribution in [0.15, 0.2) is 59.5 Å². The van der Waals surface area contributed by atoms with Crippen LogP contribution in [0.25, 0.3) is 0 Å². The highest BCUT2D eigenvalue weighted by atomic mass is 35.5. The summed E-state index contributed by atoms with van der Waals surface area (Å²) in [4.78, 5) is 26.8. The molecule has 2 rings (SSSR count). The van der Waals surface area contributed by atoms with Crippen LogP contribution < -0.4 is 4.90 Å². The predicted octanol–water partition coefficient (Wildman–Crippen LogP) is 4.03. The van der Waals surface area contributed by atoms with Crippen LogP contribution in [0, 0.1) is 0 Å². The van der Waals surface area contributed by atoms with Gasteiger partial charge in [-0.2, -0.15) is 0 Å². The zero-order valence-electron chi connectivity index (χ0n) is 13.3. The zero-order chi connectivity index (χ0) is 17.4. The molecular weight excluding hydrogens is 346 g/mol. The van der Waals surface area contributed by atoms with Gasteiger partial charge in [0.2, 0.25) is 5.91 Å². The number of thioether (sulfide) groups is 1. The van der Waals surface area contributed by atoms with E-state index in [9.17, 15) is 9.59 Å². The van der Waals surface area contributed by atoms with Crippen LogP contribution >= 0.6 is 23.4 Å². The number of rotatable bonds is 7. The second-order valence-electron chi connectivity index (χ2n) is 4.86. The first kappa shape index (κ1) is 18.4. The summed E-state index contributed by atoms with van der Waals surface area (Å²) < 4.78 is 4.97. The van der Waals surface area contributed by atoms with Crippen molar-refractivity contribution >= 4 is 40.9 Å². The maximum atomic E-state index is 12.6. The minimum atomic E-state index is -0.425. The number of carbonyl (C=O) groups excluding carboxylic acids is 2. The van der Waals surface area contributed by atoms with Crippen LogP contribution in [0.2, 0.25) is 5.02 Å². The topological polar surface area (TPSA) is 46.6 Å². The minimum Gasteiger partial charge on any atom is -0.465 e. The normalized spacial score (nSPS) is 10.2. The Kier molecular flexibility index (Phi) is 7.15. The van der Waals surface area contributed by atoms with Crippen LogP contribution in [-0.4, -0.2) is 30.8 Å². The lowest BCUT2D eigenvalue weighted by molar-refractivity contribution is -0.142. The van der Waals surface area contributed by atoms with Gasteiger partial charge in [-0.25, -0.2) is 0 Å². The molecule has 0 radical (unpaired) electrons.